The van der Waals surface area contributed by atoms with E-state index >= 15 is 0 Å². The first-order valence-electron chi connectivity index (χ1n) is 6.97. The Balaban J connectivity index is 2.09. The molecule has 0 spiro atoms. The Morgan fingerprint density at radius 3 is 2.29 bits per heavy atom. The highest BCUT2D eigenvalue weighted by molar-refractivity contribution is 4.99. The van der Waals surface area contributed by atoms with Gasteiger partial charge in [-0.1, -0.05) is 33.6 Å². The van der Waals surface area contributed by atoms with Crippen molar-refractivity contribution in [3.05, 3.63) is 0 Å². The third kappa shape index (κ3) is 2.25. The van der Waals surface area contributed by atoms with Crippen molar-refractivity contribution in [2.75, 3.05) is 0 Å². The van der Waals surface area contributed by atoms with Crippen molar-refractivity contribution in [2.45, 2.75) is 84.1 Å². The first-order valence-corrected chi connectivity index (χ1v) is 6.97. The van der Waals surface area contributed by atoms with Crippen molar-refractivity contribution in [3.8, 4) is 0 Å². The molecule has 0 bridgehead atoms. The molecule has 2 fully saturated rings. The molecule has 0 aliphatic carbocycles. The summed E-state index contributed by atoms with van der Waals surface area (Å²) in [5.74, 6) is -0.0836. The predicted octanol–water partition coefficient (Wildman–Crippen LogP) is 3.47. The minimum atomic E-state index is -0.492. The molecule has 3 heteroatoms. The number of hydrogen-bond acceptors (Lipinski definition) is 3. The van der Waals surface area contributed by atoms with Crippen LogP contribution in [-0.4, -0.2) is 23.8 Å². The highest BCUT2D eigenvalue weighted by Crippen LogP contribution is 2.49. The van der Waals surface area contributed by atoms with E-state index in [1.54, 1.807) is 0 Å². The predicted molar refractivity (Wildman–Crippen MR) is 66.6 cm³/mol. The number of hydrogen-bond donors (Lipinski definition) is 0. The molecule has 0 unspecified atom stereocenters. The van der Waals surface area contributed by atoms with Gasteiger partial charge in [0.2, 0.25) is 0 Å². The van der Waals surface area contributed by atoms with Crippen LogP contribution in [0.3, 0.4) is 0 Å². The zero-order valence-electron chi connectivity index (χ0n) is 11.8. The Hall–Kier alpha value is -0.120. The Morgan fingerprint density at radius 1 is 1.06 bits per heavy atom. The third-order valence-electron chi connectivity index (χ3n) is 4.31. The summed E-state index contributed by atoms with van der Waals surface area (Å²) in [7, 11) is 0. The van der Waals surface area contributed by atoms with Gasteiger partial charge in [-0.3, -0.25) is 0 Å². The van der Waals surface area contributed by atoms with Crippen molar-refractivity contribution in [1.29, 1.82) is 0 Å². The summed E-state index contributed by atoms with van der Waals surface area (Å²) < 4.78 is 18.0. The summed E-state index contributed by atoms with van der Waals surface area (Å²) in [6.45, 7) is 10.6. The monoisotopic (exact) mass is 242 g/mol. The van der Waals surface area contributed by atoms with E-state index in [0.717, 1.165) is 12.8 Å². The number of unbranched alkanes of at least 4 members (excludes halogenated alkanes) is 1. The van der Waals surface area contributed by atoms with Crippen LogP contribution in [0.1, 0.15) is 60.3 Å². The van der Waals surface area contributed by atoms with Crippen LogP contribution in [0, 0.1) is 5.92 Å². The van der Waals surface area contributed by atoms with Crippen molar-refractivity contribution in [2.24, 2.45) is 5.92 Å². The Bertz CT molecular complexity index is 277. The molecule has 0 aromatic heterocycles. The number of ether oxygens (including phenoxy) is 3. The van der Waals surface area contributed by atoms with E-state index in [2.05, 4.69) is 20.8 Å². The van der Waals surface area contributed by atoms with Crippen LogP contribution in [0.5, 0.6) is 0 Å². The van der Waals surface area contributed by atoms with Gasteiger partial charge in [0, 0.05) is 5.92 Å². The lowest BCUT2D eigenvalue weighted by atomic mass is 9.81. The molecule has 2 aliphatic rings. The molecule has 2 rings (SSSR count). The van der Waals surface area contributed by atoms with E-state index in [1.165, 1.54) is 12.8 Å². The molecule has 3 nitrogen and oxygen atoms in total. The molecule has 2 heterocycles. The minimum Gasteiger partial charge on any atom is -0.343 e. The molecule has 0 N–H and O–H groups in total. The lowest BCUT2D eigenvalue weighted by Gasteiger charge is -2.34. The maximum atomic E-state index is 6.22. The molecule has 17 heavy (non-hydrogen) atoms. The van der Waals surface area contributed by atoms with E-state index in [-0.39, 0.29) is 18.0 Å². The van der Waals surface area contributed by atoms with Gasteiger partial charge in [0.1, 0.15) is 6.10 Å². The molecule has 100 valence electrons. The van der Waals surface area contributed by atoms with Crippen molar-refractivity contribution in [3.63, 3.8) is 0 Å². The fourth-order valence-electron chi connectivity index (χ4n) is 3.17. The van der Waals surface area contributed by atoms with Gasteiger partial charge in [-0.15, -0.1) is 0 Å². The molecule has 0 radical (unpaired) electrons. The van der Waals surface area contributed by atoms with E-state index in [0.29, 0.717) is 5.92 Å². The average Bonchev–Trinajstić information content (AvgIpc) is 2.69. The smallest absolute Gasteiger partial charge is 0.188 e. The Labute approximate surface area is 105 Å². The summed E-state index contributed by atoms with van der Waals surface area (Å²) in [5.41, 5.74) is -0.0398. The zero-order valence-corrected chi connectivity index (χ0v) is 11.8. The lowest BCUT2D eigenvalue weighted by Crippen LogP contribution is -2.39. The van der Waals surface area contributed by atoms with Crippen LogP contribution in [0.4, 0.5) is 0 Å². The van der Waals surface area contributed by atoms with Crippen LogP contribution in [-0.2, 0) is 14.2 Å². The van der Waals surface area contributed by atoms with E-state index < -0.39 is 5.79 Å². The summed E-state index contributed by atoms with van der Waals surface area (Å²) in [6, 6.07) is 0. The van der Waals surface area contributed by atoms with Crippen LogP contribution in [0.15, 0.2) is 0 Å². The number of rotatable bonds is 4. The topological polar surface area (TPSA) is 27.7 Å². The van der Waals surface area contributed by atoms with Gasteiger partial charge >= 0.3 is 0 Å². The van der Waals surface area contributed by atoms with Crippen LogP contribution >= 0.6 is 0 Å². The van der Waals surface area contributed by atoms with Gasteiger partial charge < -0.3 is 14.2 Å². The highest BCUT2D eigenvalue weighted by Gasteiger charge is 2.58. The summed E-state index contributed by atoms with van der Waals surface area (Å²) in [6.07, 6.45) is 4.50. The second kappa shape index (κ2) is 4.52. The fraction of sp³-hybridized carbons (Fsp3) is 1.00. The Morgan fingerprint density at radius 2 is 1.76 bits per heavy atom. The fourth-order valence-corrected chi connectivity index (χ4v) is 3.17. The average molecular weight is 242 g/mol. The maximum Gasteiger partial charge on any atom is 0.188 e. The molecular weight excluding hydrogens is 216 g/mol. The SMILES string of the molecule is CCCC[C@]1(CC)O[C@@H]2OC(C)(C)O[C@@H]2[C@@H]1C. The molecule has 0 aromatic rings. The third-order valence-corrected chi connectivity index (χ3v) is 4.31. The second-order valence-electron chi connectivity index (χ2n) is 5.90. The van der Waals surface area contributed by atoms with Crippen LogP contribution in [0.25, 0.3) is 0 Å². The van der Waals surface area contributed by atoms with Gasteiger partial charge in [-0.25, -0.2) is 0 Å². The van der Waals surface area contributed by atoms with Gasteiger partial charge in [0.05, 0.1) is 5.60 Å². The maximum absolute atomic E-state index is 6.22. The number of fused-ring (bicyclic) bond motifs is 1. The molecule has 2 saturated heterocycles. The quantitative estimate of drug-likeness (QED) is 0.755. The first kappa shape index (κ1) is 13.3. The summed E-state index contributed by atoms with van der Waals surface area (Å²) >= 11 is 0. The van der Waals surface area contributed by atoms with Crippen molar-refractivity contribution in [1.82, 2.24) is 0 Å². The lowest BCUT2D eigenvalue weighted by molar-refractivity contribution is -0.233. The molecule has 2 aliphatic heterocycles. The van der Waals surface area contributed by atoms with E-state index in [4.69, 9.17) is 14.2 Å². The molecule has 0 aromatic carbocycles. The van der Waals surface area contributed by atoms with Gasteiger partial charge in [0.15, 0.2) is 12.1 Å². The van der Waals surface area contributed by atoms with Crippen LogP contribution < -0.4 is 0 Å². The van der Waals surface area contributed by atoms with Gasteiger partial charge in [0.25, 0.3) is 0 Å². The molecule has 4 atom stereocenters. The largest absolute Gasteiger partial charge is 0.343 e. The summed E-state index contributed by atoms with van der Waals surface area (Å²) in [5, 5.41) is 0. The van der Waals surface area contributed by atoms with Crippen molar-refractivity contribution >= 4 is 0 Å². The molecule has 0 amide bonds. The highest BCUT2D eigenvalue weighted by atomic mass is 16.8. The van der Waals surface area contributed by atoms with Crippen molar-refractivity contribution < 1.29 is 14.2 Å². The van der Waals surface area contributed by atoms with Crippen LogP contribution in [0.2, 0.25) is 0 Å². The second-order valence-corrected chi connectivity index (χ2v) is 5.90. The normalized spacial score (nSPS) is 43.9. The summed E-state index contributed by atoms with van der Waals surface area (Å²) in [4.78, 5) is 0. The van der Waals surface area contributed by atoms with E-state index in [1.807, 2.05) is 13.8 Å². The molecular formula is C14H26O3. The zero-order chi connectivity index (χ0) is 12.7. The van der Waals surface area contributed by atoms with Gasteiger partial charge in [-0.2, -0.15) is 0 Å². The minimum absolute atomic E-state index is 0.0398. The van der Waals surface area contributed by atoms with Gasteiger partial charge in [-0.05, 0) is 26.7 Å². The van der Waals surface area contributed by atoms with E-state index in [9.17, 15) is 0 Å². The molecule has 0 saturated carbocycles. The Kier molecular flexibility index (Phi) is 3.54. The standard InChI is InChI=1S/C14H26O3/c1-6-8-9-14(7-2)10(3)11-12(17-14)16-13(4,5)15-11/h10-12H,6-9H2,1-5H3/t10-,11+,12-,14-/m0/s1. The first-order chi connectivity index (χ1) is 7.94.